The maximum atomic E-state index is 12.7. The van der Waals surface area contributed by atoms with Gasteiger partial charge in [-0.15, -0.1) is 11.3 Å². The zero-order chi connectivity index (χ0) is 14.8. The van der Waals surface area contributed by atoms with Crippen LogP contribution < -0.4 is 5.32 Å². The summed E-state index contributed by atoms with van der Waals surface area (Å²) in [6.07, 6.45) is 1.99. The monoisotopic (exact) mass is 316 g/mol. The topological polar surface area (TPSA) is 49.4 Å². The van der Waals surface area contributed by atoms with Crippen molar-refractivity contribution >= 4 is 21.4 Å². The molecule has 1 saturated heterocycles. The Labute approximate surface area is 126 Å². The first kappa shape index (κ1) is 15.9. The number of sulfonamides is 1. The second kappa shape index (κ2) is 6.56. The highest BCUT2D eigenvalue weighted by molar-refractivity contribution is 7.91. The lowest BCUT2D eigenvalue weighted by Gasteiger charge is -2.33. The predicted octanol–water partition coefficient (Wildman–Crippen LogP) is 2.18. The molecular weight excluding hydrogens is 292 g/mol. The van der Waals surface area contributed by atoms with Crippen molar-refractivity contribution in [2.24, 2.45) is 11.8 Å². The van der Waals surface area contributed by atoms with Crippen LogP contribution in [0, 0.1) is 11.8 Å². The molecule has 0 aliphatic carbocycles. The van der Waals surface area contributed by atoms with Crippen molar-refractivity contribution in [1.29, 1.82) is 0 Å². The molecule has 1 fully saturated rings. The number of hydrogen-bond acceptors (Lipinski definition) is 4. The van der Waals surface area contributed by atoms with E-state index in [-0.39, 0.29) is 0 Å². The first-order valence-electron chi connectivity index (χ1n) is 7.17. The van der Waals surface area contributed by atoms with Gasteiger partial charge in [0.1, 0.15) is 4.21 Å². The minimum atomic E-state index is -3.30. The summed E-state index contributed by atoms with van der Waals surface area (Å²) >= 11 is 1.41. The third kappa shape index (κ3) is 3.61. The Balaban J connectivity index is 2.15. The van der Waals surface area contributed by atoms with Crippen LogP contribution in [0.25, 0.3) is 0 Å². The van der Waals surface area contributed by atoms with E-state index in [0.29, 0.717) is 29.1 Å². The zero-order valence-electron chi connectivity index (χ0n) is 12.4. The molecule has 114 valence electrons. The van der Waals surface area contributed by atoms with E-state index in [1.54, 1.807) is 10.4 Å². The number of rotatable bonds is 5. The quantitative estimate of drug-likeness (QED) is 0.906. The normalized spacial score (nSPS) is 24.9. The van der Waals surface area contributed by atoms with Crippen molar-refractivity contribution in [2.45, 2.75) is 30.9 Å². The van der Waals surface area contributed by atoms with E-state index in [4.69, 9.17) is 0 Å². The maximum Gasteiger partial charge on any atom is 0.252 e. The largest absolute Gasteiger partial charge is 0.319 e. The number of thiophene rings is 1. The Morgan fingerprint density at radius 1 is 1.30 bits per heavy atom. The van der Waals surface area contributed by atoms with Crippen molar-refractivity contribution in [2.75, 3.05) is 26.7 Å². The molecule has 1 aliphatic rings. The van der Waals surface area contributed by atoms with Gasteiger partial charge >= 0.3 is 0 Å². The highest BCUT2D eigenvalue weighted by atomic mass is 32.2. The molecule has 0 radical (unpaired) electrons. The van der Waals surface area contributed by atoms with Crippen LogP contribution in [0.2, 0.25) is 0 Å². The Bertz CT molecular complexity index is 529. The summed E-state index contributed by atoms with van der Waals surface area (Å²) in [5.74, 6) is 0.884. The highest BCUT2D eigenvalue weighted by Crippen LogP contribution is 2.30. The molecule has 1 aromatic rings. The van der Waals surface area contributed by atoms with Crippen LogP contribution in [-0.2, 0) is 16.4 Å². The minimum absolute atomic E-state index is 0.442. The molecule has 4 nitrogen and oxygen atoms in total. The van der Waals surface area contributed by atoms with Gasteiger partial charge in [-0.1, -0.05) is 13.8 Å². The standard InChI is InChI=1S/C14H24N2O2S2/c1-11-8-12(2)10-16(9-11)20(17,18)14-5-4-13(19-14)6-7-15-3/h4-5,11-12,15H,6-10H2,1-3H3. The Morgan fingerprint density at radius 2 is 1.95 bits per heavy atom. The third-order valence-electron chi connectivity index (χ3n) is 3.69. The van der Waals surface area contributed by atoms with E-state index in [1.807, 2.05) is 13.1 Å². The number of likely N-dealkylation sites (N-methyl/N-ethyl adjacent to an activating group) is 1. The predicted molar refractivity (Wildman–Crippen MR) is 83.7 cm³/mol. The van der Waals surface area contributed by atoms with Crippen molar-refractivity contribution in [3.8, 4) is 0 Å². The molecule has 6 heteroatoms. The van der Waals surface area contributed by atoms with Crippen LogP contribution in [0.5, 0.6) is 0 Å². The van der Waals surface area contributed by atoms with Crippen molar-refractivity contribution in [3.05, 3.63) is 17.0 Å². The third-order valence-corrected chi connectivity index (χ3v) is 7.13. The van der Waals surface area contributed by atoms with Crippen molar-refractivity contribution < 1.29 is 8.42 Å². The smallest absolute Gasteiger partial charge is 0.252 e. The molecule has 0 amide bonds. The molecule has 0 aromatic carbocycles. The molecule has 2 heterocycles. The van der Waals surface area contributed by atoms with Crippen LogP contribution in [0.4, 0.5) is 0 Å². The summed E-state index contributed by atoms with van der Waals surface area (Å²) in [5, 5.41) is 3.09. The fourth-order valence-electron chi connectivity index (χ4n) is 2.81. The maximum absolute atomic E-state index is 12.7. The van der Waals surface area contributed by atoms with E-state index >= 15 is 0 Å². The Hall–Kier alpha value is -0.430. The molecule has 2 unspecified atom stereocenters. The summed E-state index contributed by atoms with van der Waals surface area (Å²) in [6.45, 7) is 6.43. The average molecular weight is 316 g/mol. The van der Waals surface area contributed by atoms with E-state index in [9.17, 15) is 8.42 Å². The lowest BCUT2D eigenvalue weighted by molar-refractivity contribution is 0.223. The fourth-order valence-corrected chi connectivity index (χ4v) is 6.00. The van der Waals surface area contributed by atoms with E-state index < -0.39 is 10.0 Å². The first-order chi connectivity index (χ1) is 9.43. The molecule has 2 rings (SSSR count). The van der Waals surface area contributed by atoms with Gasteiger partial charge in [0.15, 0.2) is 0 Å². The Kier molecular flexibility index (Phi) is 5.23. The van der Waals surface area contributed by atoms with Gasteiger partial charge in [0, 0.05) is 18.0 Å². The summed E-state index contributed by atoms with van der Waals surface area (Å²) in [5.41, 5.74) is 0. The minimum Gasteiger partial charge on any atom is -0.319 e. The van der Waals surface area contributed by atoms with Gasteiger partial charge in [-0.2, -0.15) is 4.31 Å². The second-order valence-corrected chi connectivity index (χ2v) is 9.18. The number of piperidine rings is 1. The van der Waals surface area contributed by atoms with Crippen LogP contribution in [0.1, 0.15) is 25.1 Å². The zero-order valence-corrected chi connectivity index (χ0v) is 14.1. The van der Waals surface area contributed by atoms with Crippen LogP contribution in [0.15, 0.2) is 16.3 Å². The van der Waals surface area contributed by atoms with Crippen LogP contribution in [0.3, 0.4) is 0 Å². The van der Waals surface area contributed by atoms with Gasteiger partial charge in [0.2, 0.25) is 0 Å². The number of nitrogens with one attached hydrogen (secondary N) is 1. The number of hydrogen-bond donors (Lipinski definition) is 1. The van der Waals surface area contributed by atoms with E-state index in [1.165, 1.54) is 11.3 Å². The van der Waals surface area contributed by atoms with Gasteiger partial charge in [0.05, 0.1) is 0 Å². The van der Waals surface area contributed by atoms with Gasteiger partial charge < -0.3 is 5.32 Å². The Morgan fingerprint density at radius 3 is 2.55 bits per heavy atom. The molecule has 20 heavy (non-hydrogen) atoms. The highest BCUT2D eigenvalue weighted by Gasteiger charge is 2.32. The molecule has 2 atom stereocenters. The molecule has 1 aromatic heterocycles. The van der Waals surface area contributed by atoms with Gasteiger partial charge in [-0.3, -0.25) is 0 Å². The van der Waals surface area contributed by atoms with E-state index in [0.717, 1.165) is 24.3 Å². The van der Waals surface area contributed by atoms with Crippen LogP contribution >= 0.6 is 11.3 Å². The lowest BCUT2D eigenvalue weighted by atomic mass is 9.94. The summed E-state index contributed by atoms with van der Waals surface area (Å²) in [6, 6.07) is 3.70. The van der Waals surface area contributed by atoms with Gasteiger partial charge in [0.25, 0.3) is 10.0 Å². The lowest BCUT2D eigenvalue weighted by Crippen LogP contribution is -2.42. The van der Waals surface area contributed by atoms with E-state index in [2.05, 4.69) is 19.2 Å². The fraction of sp³-hybridized carbons (Fsp3) is 0.714. The van der Waals surface area contributed by atoms with Gasteiger partial charge in [-0.25, -0.2) is 8.42 Å². The summed E-state index contributed by atoms with van der Waals surface area (Å²) < 4.78 is 27.5. The molecule has 1 aliphatic heterocycles. The molecule has 0 spiro atoms. The summed E-state index contributed by atoms with van der Waals surface area (Å²) in [4.78, 5) is 1.12. The van der Waals surface area contributed by atoms with Gasteiger partial charge in [-0.05, 0) is 50.4 Å². The van der Waals surface area contributed by atoms with Crippen molar-refractivity contribution in [3.63, 3.8) is 0 Å². The van der Waals surface area contributed by atoms with Crippen LogP contribution in [-0.4, -0.2) is 39.4 Å². The molecule has 0 bridgehead atoms. The average Bonchev–Trinajstić information content (AvgIpc) is 2.84. The second-order valence-electron chi connectivity index (χ2n) is 5.84. The molecular formula is C14H24N2O2S2. The number of nitrogens with zero attached hydrogens (tertiary/aromatic N) is 1. The van der Waals surface area contributed by atoms with Crippen molar-refractivity contribution in [1.82, 2.24) is 9.62 Å². The summed E-state index contributed by atoms with van der Waals surface area (Å²) in [7, 11) is -1.40. The molecule has 0 saturated carbocycles. The SMILES string of the molecule is CNCCc1ccc(S(=O)(=O)N2CC(C)CC(C)C2)s1. The first-order valence-corrected chi connectivity index (χ1v) is 9.42. The molecule has 1 N–H and O–H groups in total.